The van der Waals surface area contributed by atoms with E-state index in [1.807, 2.05) is 20.8 Å². The van der Waals surface area contributed by atoms with Gasteiger partial charge >= 0.3 is 0 Å². The Kier molecular flexibility index (Phi) is 3.27. The lowest BCUT2D eigenvalue weighted by Gasteiger charge is -2.24. The summed E-state index contributed by atoms with van der Waals surface area (Å²) in [7, 11) is 1.55. The van der Waals surface area contributed by atoms with E-state index in [0.717, 1.165) is 12.5 Å². The summed E-state index contributed by atoms with van der Waals surface area (Å²) in [4.78, 5) is 0. The number of hydrogen-bond donors (Lipinski definition) is 0. The lowest BCUT2D eigenvalue weighted by Crippen LogP contribution is -2.15. The molecule has 0 fully saturated rings. The molecule has 0 atom stereocenters. The van der Waals surface area contributed by atoms with Crippen molar-refractivity contribution in [3.8, 4) is 5.75 Å². The minimum absolute atomic E-state index is 0.0261. The number of methoxy groups -OCH3 is 1. The molecule has 0 radical (unpaired) electrons. The fourth-order valence-electron chi connectivity index (χ4n) is 1.57. The molecule has 0 aromatic heterocycles. The highest BCUT2D eigenvalue weighted by molar-refractivity contribution is 5.42. The van der Waals surface area contributed by atoms with Crippen LogP contribution in [-0.2, 0) is 11.3 Å². The molecule has 1 nitrogen and oxygen atoms in total. The van der Waals surface area contributed by atoms with E-state index in [1.54, 1.807) is 13.2 Å². The Labute approximate surface area is 95.4 Å². The summed E-state index contributed by atoms with van der Waals surface area (Å²) in [5, 5.41) is 0. The van der Waals surface area contributed by atoms with Crippen molar-refractivity contribution in [3.05, 3.63) is 29.3 Å². The molecule has 0 saturated carbocycles. The van der Waals surface area contributed by atoms with Crippen LogP contribution in [0, 0.1) is 0 Å². The molecular weight excluding hydrogens is 210 g/mol. The average Bonchev–Trinajstić information content (AvgIpc) is 2.14. The second kappa shape index (κ2) is 4.04. The van der Waals surface area contributed by atoms with E-state index in [4.69, 9.17) is 4.74 Å². The van der Waals surface area contributed by atoms with Crippen LogP contribution in [0.4, 0.5) is 8.78 Å². The summed E-state index contributed by atoms with van der Waals surface area (Å²) >= 11 is 0. The van der Waals surface area contributed by atoms with Gasteiger partial charge in [0.25, 0.3) is 5.92 Å². The summed E-state index contributed by atoms with van der Waals surface area (Å²) in [5.74, 6) is -2.16. The van der Waals surface area contributed by atoms with Gasteiger partial charge in [-0.25, -0.2) is 8.78 Å². The van der Waals surface area contributed by atoms with Crippen LogP contribution < -0.4 is 4.74 Å². The maximum atomic E-state index is 13.2. The molecule has 0 bridgehead atoms. The summed E-state index contributed by atoms with van der Waals surface area (Å²) < 4.78 is 31.6. The van der Waals surface area contributed by atoms with Crippen molar-refractivity contribution in [3.63, 3.8) is 0 Å². The fraction of sp³-hybridized carbons (Fsp3) is 0.538. The van der Waals surface area contributed by atoms with Crippen LogP contribution in [0.15, 0.2) is 18.2 Å². The molecule has 0 heterocycles. The molecule has 0 aliphatic rings. The molecule has 0 aliphatic carbocycles. The van der Waals surface area contributed by atoms with Crippen molar-refractivity contribution in [2.75, 3.05) is 7.11 Å². The van der Waals surface area contributed by atoms with E-state index < -0.39 is 5.92 Å². The number of halogens is 2. The van der Waals surface area contributed by atoms with Gasteiger partial charge in [-0.1, -0.05) is 20.8 Å². The van der Waals surface area contributed by atoms with Crippen molar-refractivity contribution in [1.29, 1.82) is 0 Å². The normalized spacial score (nSPS) is 12.7. The van der Waals surface area contributed by atoms with Gasteiger partial charge in [0.15, 0.2) is 0 Å². The molecule has 1 rings (SSSR count). The predicted molar refractivity (Wildman–Crippen MR) is 61.3 cm³/mol. The van der Waals surface area contributed by atoms with Crippen molar-refractivity contribution >= 4 is 0 Å². The van der Waals surface area contributed by atoms with Gasteiger partial charge < -0.3 is 4.74 Å². The van der Waals surface area contributed by atoms with E-state index in [9.17, 15) is 8.78 Å². The molecule has 0 spiro atoms. The number of benzene rings is 1. The molecule has 0 aliphatic heterocycles. The first-order valence-electron chi connectivity index (χ1n) is 5.23. The van der Waals surface area contributed by atoms with Crippen molar-refractivity contribution in [1.82, 2.24) is 0 Å². The molecule has 16 heavy (non-hydrogen) atoms. The van der Waals surface area contributed by atoms with Gasteiger partial charge in [0.1, 0.15) is 5.75 Å². The maximum Gasteiger partial charge on any atom is 0.270 e. The van der Waals surface area contributed by atoms with Crippen molar-refractivity contribution in [2.45, 2.75) is 39.0 Å². The van der Waals surface area contributed by atoms with E-state index >= 15 is 0 Å². The lowest BCUT2D eigenvalue weighted by molar-refractivity contribution is 0.0173. The zero-order valence-corrected chi connectivity index (χ0v) is 10.4. The van der Waals surface area contributed by atoms with Crippen LogP contribution in [0.1, 0.15) is 38.8 Å². The number of alkyl halides is 2. The Morgan fingerprint density at radius 3 is 2.00 bits per heavy atom. The molecule has 1 aromatic carbocycles. The first kappa shape index (κ1) is 12.9. The highest BCUT2D eigenvalue weighted by atomic mass is 19.3. The fourth-order valence-corrected chi connectivity index (χ4v) is 1.57. The van der Waals surface area contributed by atoms with Gasteiger partial charge in [-0.15, -0.1) is 0 Å². The van der Waals surface area contributed by atoms with Gasteiger partial charge in [0.05, 0.1) is 7.11 Å². The summed E-state index contributed by atoms with van der Waals surface area (Å²) in [6, 6.07) is 4.54. The molecule has 1 aromatic rings. The second-order valence-electron chi connectivity index (χ2n) is 5.05. The second-order valence-corrected chi connectivity index (χ2v) is 5.05. The SMILES string of the molecule is COc1ccc(C(C)(F)F)cc1C(C)(C)C. The van der Waals surface area contributed by atoms with E-state index in [-0.39, 0.29) is 11.0 Å². The number of rotatable bonds is 2. The van der Waals surface area contributed by atoms with Gasteiger partial charge in [0, 0.05) is 12.5 Å². The van der Waals surface area contributed by atoms with E-state index in [1.165, 1.54) is 12.1 Å². The minimum Gasteiger partial charge on any atom is -0.496 e. The van der Waals surface area contributed by atoms with Gasteiger partial charge in [-0.05, 0) is 29.2 Å². The highest BCUT2D eigenvalue weighted by Crippen LogP contribution is 2.36. The Balaban J connectivity index is 3.34. The van der Waals surface area contributed by atoms with Crippen LogP contribution in [0.5, 0.6) is 5.75 Å². The Morgan fingerprint density at radius 1 is 1.06 bits per heavy atom. The average molecular weight is 228 g/mol. The summed E-state index contributed by atoms with van der Waals surface area (Å²) in [5.41, 5.74) is 0.610. The third-order valence-electron chi connectivity index (χ3n) is 2.51. The van der Waals surface area contributed by atoms with Gasteiger partial charge in [-0.2, -0.15) is 0 Å². The standard InChI is InChI=1S/C13H18F2O/c1-12(2,3)10-8-9(13(4,14)15)6-7-11(10)16-5/h6-8H,1-5H3. The summed E-state index contributed by atoms with van der Waals surface area (Å²) in [6.45, 7) is 6.83. The van der Waals surface area contributed by atoms with Crippen LogP contribution in [0.25, 0.3) is 0 Å². The Bertz CT molecular complexity index is 372. The Hall–Kier alpha value is -1.12. The highest BCUT2D eigenvalue weighted by Gasteiger charge is 2.27. The molecule has 90 valence electrons. The van der Waals surface area contributed by atoms with Crippen LogP contribution in [0.3, 0.4) is 0 Å². The maximum absolute atomic E-state index is 13.2. The zero-order chi connectivity index (χ0) is 12.6. The predicted octanol–water partition coefficient (Wildman–Crippen LogP) is 4.10. The monoisotopic (exact) mass is 228 g/mol. The number of hydrogen-bond acceptors (Lipinski definition) is 1. The van der Waals surface area contributed by atoms with Crippen LogP contribution in [0.2, 0.25) is 0 Å². The first-order valence-corrected chi connectivity index (χ1v) is 5.23. The smallest absolute Gasteiger partial charge is 0.270 e. The third kappa shape index (κ3) is 2.71. The molecule has 3 heteroatoms. The minimum atomic E-state index is -2.81. The third-order valence-corrected chi connectivity index (χ3v) is 2.51. The van der Waals surface area contributed by atoms with Crippen molar-refractivity contribution < 1.29 is 13.5 Å². The largest absolute Gasteiger partial charge is 0.496 e. The lowest BCUT2D eigenvalue weighted by atomic mass is 9.85. The van der Waals surface area contributed by atoms with Crippen LogP contribution in [-0.4, -0.2) is 7.11 Å². The number of ether oxygens (including phenoxy) is 1. The van der Waals surface area contributed by atoms with Crippen LogP contribution >= 0.6 is 0 Å². The van der Waals surface area contributed by atoms with E-state index in [0.29, 0.717) is 5.75 Å². The zero-order valence-electron chi connectivity index (χ0n) is 10.4. The molecule has 0 unspecified atom stereocenters. The quantitative estimate of drug-likeness (QED) is 0.740. The molecular formula is C13H18F2O. The Morgan fingerprint density at radius 2 is 1.62 bits per heavy atom. The van der Waals surface area contributed by atoms with E-state index in [2.05, 4.69) is 0 Å². The molecule has 0 amide bonds. The summed E-state index contributed by atoms with van der Waals surface area (Å²) in [6.07, 6.45) is 0. The van der Waals surface area contributed by atoms with Gasteiger partial charge in [-0.3, -0.25) is 0 Å². The molecule has 0 saturated heterocycles. The first-order chi connectivity index (χ1) is 7.16. The topological polar surface area (TPSA) is 9.23 Å². The van der Waals surface area contributed by atoms with Gasteiger partial charge in [0.2, 0.25) is 0 Å². The molecule has 0 N–H and O–H groups in total. The van der Waals surface area contributed by atoms with Crippen molar-refractivity contribution in [2.24, 2.45) is 0 Å².